The molecule has 0 aliphatic rings. The molecule has 0 aliphatic carbocycles. The Morgan fingerprint density at radius 2 is 2.19 bits per heavy atom. The fourth-order valence-electron chi connectivity index (χ4n) is 1.33. The molecule has 4 nitrogen and oxygen atoms in total. The van der Waals surface area contributed by atoms with E-state index in [9.17, 15) is 4.79 Å². The summed E-state index contributed by atoms with van der Waals surface area (Å²) in [5.41, 5.74) is 1.27. The third-order valence-corrected chi connectivity index (χ3v) is 2.30. The summed E-state index contributed by atoms with van der Waals surface area (Å²) in [5.74, 6) is 0.0402. The number of carbonyl (C=O) groups excluding carboxylic acids is 1. The highest BCUT2D eigenvalue weighted by Crippen LogP contribution is 2.32. The Bertz CT molecular complexity index is 404. The summed E-state index contributed by atoms with van der Waals surface area (Å²) in [4.78, 5) is 11.3. The molecule has 0 saturated carbocycles. The summed E-state index contributed by atoms with van der Waals surface area (Å²) in [6.45, 7) is 3.21. The minimum Gasteiger partial charge on any atom is -0.494 e. The molecule has 0 bridgehead atoms. The first-order valence-corrected chi connectivity index (χ1v) is 5.16. The third-order valence-electron chi connectivity index (χ3n) is 2.08. The normalized spacial score (nSPS) is 12.1. The average molecular weight is 244 g/mol. The van der Waals surface area contributed by atoms with Gasteiger partial charge < -0.3 is 15.2 Å². The molecule has 16 heavy (non-hydrogen) atoms. The molecule has 0 aliphatic heterocycles. The van der Waals surface area contributed by atoms with Crippen LogP contribution < -0.4 is 10.1 Å². The molecule has 0 aromatic heterocycles. The minimum absolute atomic E-state index is 0.457. The van der Waals surface area contributed by atoms with Gasteiger partial charge in [-0.15, -0.1) is 0 Å². The van der Waals surface area contributed by atoms with Crippen LogP contribution in [-0.2, 0) is 4.79 Å². The number of aliphatic hydroxyl groups is 1. The van der Waals surface area contributed by atoms with Crippen LogP contribution in [0.25, 0.3) is 0 Å². The predicted molar refractivity (Wildman–Crippen MR) is 63.1 cm³/mol. The lowest BCUT2D eigenvalue weighted by molar-refractivity contribution is -0.123. The lowest BCUT2D eigenvalue weighted by Crippen LogP contribution is -2.24. The second-order valence-electron chi connectivity index (χ2n) is 3.47. The lowest BCUT2D eigenvalue weighted by atomic mass is 10.2. The summed E-state index contributed by atoms with van der Waals surface area (Å²) in [5, 5.41) is 12.1. The van der Waals surface area contributed by atoms with Crippen molar-refractivity contribution in [3.63, 3.8) is 0 Å². The van der Waals surface area contributed by atoms with Crippen molar-refractivity contribution in [3.05, 3.63) is 22.7 Å². The highest BCUT2D eigenvalue weighted by molar-refractivity contribution is 6.31. The summed E-state index contributed by atoms with van der Waals surface area (Å²) < 4.78 is 5.16. The average Bonchev–Trinajstić information content (AvgIpc) is 2.16. The van der Waals surface area contributed by atoms with E-state index in [2.05, 4.69) is 5.32 Å². The van der Waals surface area contributed by atoms with Crippen LogP contribution in [0.1, 0.15) is 12.5 Å². The first kappa shape index (κ1) is 12.8. The van der Waals surface area contributed by atoms with E-state index in [1.807, 2.05) is 6.92 Å². The number of ether oxygens (including phenoxy) is 1. The van der Waals surface area contributed by atoms with Crippen molar-refractivity contribution < 1.29 is 14.6 Å². The number of aryl methyl sites for hydroxylation is 1. The van der Waals surface area contributed by atoms with Gasteiger partial charge in [-0.25, -0.2) is 0 Å². The number of nitrogens with one attached hydrogen (secondary N) is 1. The molecule has 2 N–H and O–H groups in total. The number of amides is 1. The topological polar surface area (TPSA) is 58.6 Å². The summed E-state index contributed by atoms with van der Waals surface area (Å²) in [6, 6.07) is 3.31. The number of carbonyl (C=O) groups is 1. The van der Waals surface area contributed by atoms with Crippen molar-refractivity contribution in [2.75, 3.05) is 12.4 Å². The van der Waals surface area contributed by atoms with Crippen molar-refractivity contribution in [2.45, 2.75) is 20.0 Å². The van der Waals surface area contributed by atoms with E-state index < -0.39 is 12.0 Å². The first-order valence-electron chi connectivity index (χ1n) is 4.78. The maximum absolute atomic E-state index is 11.3. The van der Waals surface area contributed by atoms with Gasteiger partial charge in [0.15, 0.2) is 0 Å². The molecule has 5 heteroatoms. The van der Waals surface area contributed by atoms with Crippen molar-refractivity contribution >= 4 is 23.2 Å². The second-order valence-corrected chi connectivity index (χ2v) is 3.91. The van der Waals surface area contributed by atoms with Gasteiger partial charge in [-0.3, -0.25) is 4.79 Å². The Morgan fingerprint density at radius 1 is 1.56 bits per heavy atom. The monoisotopic (exact) mass is 243 g/mol. The third kappa shape index (κ3) is 2.87. The van der Waals surface area contributed by atoms with Gasteiger partial charge in [-0.1, -0.05) is 11.6 Å². The predicted octanol–water partition coefficient (Wildman–Crippen LogP) is 1.98. The smallest absolute Gasteiger partial charge is 0.253 e. The molecule has 1 unspecified atom stereocenters. The van der Waals surface area contributed by atoms with Crippen LogP contribution in [0.5, 0.6) is 5.75 Å². The number of hydrogen-bond acceptors (Lipinski definition) is 3. The van der Waals surface area contributed by atoms with E-state index in [-0.39, 0.29) is 0 Å². The van der Waals surface area contributed by atoms with Crippen LogP contribution in [0.2, 0.25) is 5.02 Å². The van der Waals surface area contributed by atoms with Crippen LogP contribution in [0.15, 0.2) is 12.1 Å². The molecule has 1 amide bonds. The van der Waals surface area contributed by atoms with Crippen molar-refractivity contribution in [3.8, 4) is 5.75 Å². The molecule has 1 rings (SSSR count). The Kier molecular flexibility index (Phi) is 4.15. The van der Waals surface area contributed by atoms with E-state index in [0.717, 1.165) is 5.56 Å². The molecule has 88 valence electrons. The number of halogens is 1. The van der Waals surface area contributed by atoms with Gasteiger partial charge in [0.1, 0.15) is 11.9 Å². The van der Waals surface area contributed by atoms with Crippen molar-refractivity contribution in [2.24, 2.45) is 0 Å². The van der Waals surface area contributed by atoms with Gasteiger partial charge >= 0.3 is 0 Å². The van der Waals surface area contributed by atoms with Gasteiger partial charge in [0.05, 0.1) is 12.8 Å². The Labute approximate surface area is 99.2 Å². The number of benzene rings is 1. The molecule has 0 radical (unpaired) electrons. The van der Waals surface area contributed by atoms with Crippen LogP contribution in [0.3, 0.4) is 0 Å². The number of rotatable bonds is 3. The molecular weight excluding hydrogens is 230 g/mol. The van der Waals surface area contributed by atoms with E-state index in [0.29, 0.717) is 16.5 Å². The van der Waals surface area contributed by atoms with Crippen LogP contribution in [-0.4, -0.2) is 24.2 Å². The fourth-order valence-corrected chi connectivity index (χ4v) is 1.60. The number of anilines is 1. The second kappa shape index (κ2) is 5.18. The molecule has 0 fully saturated rings. The Balaban J connectivity index is 3.07. The maximum atomic E-state index is 11.3. The van der Waals surface area contributed by atoms with Gasteiger partial charge in [0.2, 0.25) is 0 Å². The molecular formula is C11H14ClNO3. The first-order chi connectivity index (χ1) is 7.45. The highest BCUT2D eigenvalue weighted by Gasteiger charge is 2.14. The van der Waals surface area contributed by atoms with Crippen molar-refractivity contribution in [1.82, 2.24) is 0 Å². The standard InChI is InChI=1S/C11H14ClNO3/c1-6-4-8(12)5-9(10(6)16-3)13-11(15)7(2)14/h4-5,7,14H,1-3H3,(H,13,15). The quantitative estimate of drug-likeness (QED) is 0.854. The molecule has 1 atom stereocenters. The number of hydrogen-bond donors (Lipinski definition) is 2. The molecule has 0 spiro atoms. The fraction of sp³-hybridized carbons (Fsp3) is 0.364. The highest BCUT2D eigenvalue weighted by atomic mass is 35.5. The van der Waals surface area contributed by atoms with Crippen molar-refractivity contribution in [1.29, 1.82) is 0 Å². The van der Waals surface area contributed by atoms with Gasteiger partial charge in [0.25, 0.3) is 5.91 Å². The zero-order valence-corrected chi connectivity index (χ0v) is 10.1. The van der Waals surface area contributed by atoms with E-state index in [1.54, 1.807) is 12.1 Å². The van der Waals surface area contributed by atoms with Crippen LogP contribution in [0, 0.1) is 6.92 Å². The van der Waals surface area contributed by atoms with Gasteiger partial charge in [-0.05, 0) is 31.5 Å². The van der Waals surface area contributed by atoms with E-state index in [1.165, 1.54) is 14.0 Å². The zero-order valence-electron chi connectivity index (χ0n) is 9.37. The number of methoxy groups -OCH3 is 1. The summed E-state index contributed by atoms with van der Waals surface area (Å²) >= 11 is 5.87. The molecule has 0 saturated heterocycles. The minimum atomic E-state index is -1.08. The van der Waals surface area contributed by atoms with E-state index >= 15 is 0 Å². The van der Waals surface area contributed by atoms with Crippen LogP contribution >= 0.6 is 11.6 Å². The summed E-state index contributed by atoms with van der Waals surface area (Å²) in [6.07, 6.45) is -1.08. The molecule has 1 aromatic carbocycles. The molecule has 0 heterocycles. The Hall–Kier alpha value is -1.26. The molecule has 1 aromatic rings. The zero-order chi connectivity index (χ0) is 12.3. The largest absolute Gasteiger partial charge is 0.494 e. The SMILES string of the molecule is COc1c(C)cc(Cl)cc1NC(=O)C(C)O. The maximum Gasteiger partial charge on any atom is 0.253 e. The number of aliphatic hydroxyl groups excluding tert-OH is 1. The van der Waals surface area contributed by atoms with Crippen LogP contribution in [0.4, 0.5) is 5.69 Å². The van der Waals surface area contributed by atoms with Gasteiger partial charge in [0, 0.05) is 5.02 Å². The van der Waals surface area contributed by atoms with E-state index in [4.69, 9.17) is 21.4 Å². The summed E-state index contributed by atoms with van der Waals surface area (Å²) in [7, 11) is 1.51. The van der Waals surface area contributed by atoms with Gasteiger partial charge in [-0.2, -0.15) is 0 Å². The Morgan fingerprint density at radius 3 is 2.69 bits per heavy atom. The lowest BCUT2D eigenvalue weighted by Gasteiger charge is -2.14.